The molecule has 0 aromatic rings. The molecule has 2 atom stereocenters. The van der Waals surface area contributed by atoms with Crippen molar-refractivity contribution < 1.29 is 14.7 Å². The number of hydrogen-bond acceptors (Lipinski definition) is 2. The second-order valence-electron chi connectivity index (χ2n) is 5.64. The van der Waals surface area contributed by atoms with Crippen LogP contribution in [0.5, 0.6) is 0 Å². The summed E-state index contributed by atoms with van der Waals surface area (Å²) in [6.45, 7) is 3.49. The van der Waals surface area contributed by atoms with Gasteiger partial charge in [0.25, 0.3) is 0 Å². The maximum Gasteiger partial charge on any atom is 0.317 e. The van der Waals surface area contributed by atoms with Gasteiger partial charge in [-0.3, -0.25) is 4.79 Å². The molecule has 2 amide bonds. The average molecular weight is 254 g/mol. The normalized spacial score (nSPS) is 27.9. The lowest BCUT2D eigenvalue weighted by atomic mass is 9.83. The number of amides is 2. The minimum absolute atomic E-state index is 0.0416. The first-order chi connectivity index (χ1) is 8.58. The molecule has 2 rings (SSSR count). The third kappa shape index (κ3) is 2.94. The van der Waals surface area contributed by atoms with Gasteiger partial charge in [-0.1, -0.05) is 26.2 Å². The van der Waals surface area contributed by atoms with Crippen LogP contribution in [0.15, 0.2) is 0 Å². The van der Waals surface area contributed by atoms with Crippen molar-refractivity contribution in [3.8, 4) is 0 Å². The summed E-state index contributed by atoms with van der Waals surface area (Å²) in [6, 6.07) is -0.107. The predicted molar refractivity (Wildman–Crippen MR) is 67.2 cm³/mol. The molecule has 2 fully saturated rings. The Kier molecular flexibility index (Phi) is 4.09. The maximum atomic E-state index is 11.9. The third-order valence-electron chi connectivity index (χ3n) is 4.27. The van der Waals surface area contributed by atoms with Gasteiger partial charge in [-0.05, 0) is 18.3 Å². The molecule has 5 heteroatoms. The summed E-state index contributed by atoms with van der Waals surface area (Å²) in [5.74, 6) is -0.385. The average Bonchev–Trinajstić information content (AvgIpc) is 2.64. The number of urea groups is 1. The summed E-state index contributed by atoms with van der Waals surface area (Å²) >= 11 is 0. The molecule has 18 heavy (non-hydrogen) atoms. The van der Waals surface area contributed by atoms with Crippen LogP contribution in [0.3, 0.4) is 0 Å². The first kappa shape index (κ1) is 13.2. The van der Waals surface area contributed by atoms with E-state index < -0.39 is 11.9 Å². The lowest BCUT2D eigenvalue weighted by Gasteiger charge is -2.25. The molecule has 5 nitrogen and oxygen atoms in total. The van der Waals surface area contributed by atoms with Crippen LogP contribution in [-0.2, 0) is 4.79 Å². The van der Waals surface area contributed by atoms with Gasteiger partial charge in [0.05, 0.1) is 5.92 Å². The molecule has 1 aliphatic heterocycles. The smallest absolute Gasteiger partial charge is 0.317 e. The highest BCUT2D eigenvalue weighted by Gasteiger charge is 2.36. The number of carboxylic acids is 1. The van der Waals surface area contributed by atoms with Crippen molar-refractivity contribution in [1.82, 2.24) is 10.2 Å². The molecule has 102 valence electrons. The second kappa shape index (κ2) is 5.59. The van der Waals surface area contributed by atoms with Crippen molar-refractivity contribution in [2.45, 2.75) is 32.6 Å². The summed E-state index contributed by atoms with van der Waals surface area (Å²) in [5.41, 5.74) is 0. The van der Waals surface area contributed by atoms with Gasteiger partial charge in [0, 0.05) is 19.6 Å². The first-order valence-electron chi connectivity index (χ1n) is 6.83. The fraction of sp³-hybridized carbons (Fsp3) is 0.846. The summed E-state index contributed by atoms with van der Waals surface area (Å²) in [6.07, 6.45) is 4.95. The predicted octanol–water partition coefficient (Wildman–Crippen LogP) is 1.54. The highest BCUT2D eigenvalue weighted by Crippen LogP contribution is 2.28. The van der Waals surface area contributed by atoms with Crippen molar-refractivity contribution in [3.63, 3.8) is 0 Å². The van der Waals surface area contributed by atoms with E-state index in [2.05, 4.69) is 5.32 Å². The zero-order valence-corrected chi connectivity index (χ0v) is 10.9. The standard InChI is InChI=1S/C13H22N2O3/c1-9-7-15(8-11(9)12(16)17)13(18)14-6-5-10-3-2-4-10/h9-11H,2-8H2,1H3,(H,14,18)(H,16,17). The number of nitrogens with one attached hydrogen (secondary N) is 1. The van der Waals surface area contributed by atoms with E-state index in [1.165, 1.54) is 19.3 Å². The van der Waals surface area contributed by atoms with Gasteiger partial charge in [0.1, 0.15) is 0 Å². The van der Waals surface area contributed by atoms with Gasteiger partial charge in [-0.25, -0.2) is 4.79 Å². The van der Waals surface area contributed by atoms with Crippen molar-refractivity contribution >= 4 is 12.0 Å². The zero-order valence-electron chi connectivity index (χ0n) is 10.9. The Morgan fingerprint density at radius 1 is 1.33 bits per heavy atom. The van der Waals surface area contributed by atoms with Gasteiger partial charge in [-0.15, -0.1) is 0 Å². The van der Waals surface area contributed by atoms with E-state index in [-0.39, 0.29) is 11.9 Å². The lowest BCUT2D eigenvalue weighted by Crippen LogP contribution is -2.40. The van der Waals surface area contributed by atoms with E-state index >= 15 is 0 Å². The van der Waals surface area contributed by atoms with E-state index in [4.69, 9.17) is 5.11 Å². The van der Waals surface area contributed by atoms with Gasteiger partial charge in [-0.2, -0.15) is 0 Å². The van der Waals surface area contributed by atoms with E-state index in [1.54, 1.807) is 4.90 Å². The van der Waals surface area contributed by atoms with Crippen LogP contribution in [0, 0.1) is 17.8 Å². The van der Waals surface area contributed by atoms with Crippen LogP contribution in [0.1, 0.15) is 32.6 Å². The molecule has 0 radical (unpaired) electrons. The van der Waals surface area contributed by atoms with E-state index in [0.717, 1.165) is 12.3 Å². The topological polar surface area (TPSA) is 69.6 Å². The van der Waals surface area contributed by atoms with Gasteiger partial charge in [0.15, 0.2) is 0 Å². The molecule has 0 bridgehead atoms. The Bertz CT molecular complexity index is 328. The number of carbonyl (C=O) groups excluding carboxylic acids is 1. The number of likely N-dealkylation sites (tertiary alicyclic amines) is 1. The van der Waals surface area contributed by atoms with Crippen LogP contribution in [0.4, 0.5) is 4.79 Å². The second-order valence-corrected chi connectivity index (χ2v) is 5.64. The minimum Gasteiger partial charge on any atom is -0.481 e. The van der Waals surface area contributed by atoms with Crippen LogP contribution in [-0.4, -0.2) is 41.6 Å². The summed E-state index contributed by atoms with van der Waals surface area (Å²) in [7, 11) is 0. The molecule has 2 aliphatic rings. The number of aliphatic carboxylic acids is 1. The van der Waals surface area contributed by atoms with Crippen molar-refractivity contribution in [1.29, 1.82) is 0 Å². The molecule has 1 heterocycles. The number of carboxylic acid groups (broad SMARTS) is 1. The molecule has 1 aliphatic carbocycles. The zero-order chi connectivity index (χ0) is 13.1. The monoisotopic (exact) mass is 254 g/mol. The molecule has 0 aromatic heterocycles. The molecule has 2 N–H and O–H groups in total. The van der Waals surface area contributed by atoms with Gasteiger partial charge < -0.3 is 15.3 Å². The molecule has 0 spiro atoms. The van der Waals surface area contributed by atoms with Crippen molar-refractivity contribution in [2.75, 3.05) is 19.6 Å². The Hall–Kier alpha value is -1.26. The van der Waals surface area contributed by atoms with Gasteiger partial charge in [0.2, 0.25) is 0 Å². The van der Waals surface area contributed by atoms with E-state index in [1.807, 2.05) is 6.92 Å². The highest BCUT2D eigenvalue weighted by molar-refractivity contribution is 5.77. The minimum atomic E-state index is -0.799. The maximum absolute atomic E-state index is 11.9. The summed E-state index contributed by atoms with van der Waals surface area (Å²) in [4.78, 5) is 24.5. The van der Waals surface area contributed by atoms with Crippen LogP contribution in [0.25, 0.3) is 0 Å². The quantitative estimate of drug-likeness (QED) is 0.799. The SMILES string of the molecule is CC1CN(C(=O)NCCC2CCC2)CC1C(=O)O. The summed E-state index contributed by atoms with van der Waals surface area (Å²) in [5, 5.41) is 11.9. The molecule has 0 aromatic carbocycles. The third-order valence-corrected chi connectivity index (χ3v) is 4.27. The van der Waals surface area contributed by atoms with Crippen LogP contribution >= 0.6 is 0 Å². The van der Waals surface area contributed by atoms with E-state index in [0.29, 0.717) is 19.6 Å². The first-order valence-corrected chi connectivity index (χ1v) is 6.83. The highest BCUT2D eigenvalue weighted by atomic mass is 16.4. The van der Waals surface area contributed by atoms with Crippen LogP contribution in [0.2, 0.25) is 0 Å². The fourth-order valence-corrected chi connectivity index (χ4v) is 2.73. The van der Waals surface area contributed by atoms with Gasteiger partial charge >= 0.3 is 12.0 Å². The van der Waals surface area contributed by atoms with E-state index in [9.17, 15) is 9.59 Å². The Balaban J connectivity index is 1.70. The number of hydrogen-bond donors (Lipinski definition) is 2. The molecule has 2 unspecified atom stereocenters. The van der Waals surface area contributed by atoms with Crippen molar-refractivity contribution in [3.05, 3.63) is 0 Å². The van der Waals surface area contributed by atoms with Crippen LogP contribution < -0.4 is 5.32 Å². The Morgan fingerprint density at radius 2 is 2.06 bits per heavy atom. The van der Waals surface area contributed by atoms with Crippen molar-refractivity contribution in [2.24, 2.45) is 17.8 Å². The largest absolute Gasteiger partial charge is 0.481 e. The Morgan fingerprint density at radius 3 is 2.56 bits per heavy atom. The summed E-state index contributed by atoms with van der Waals surface area (Å²) < 4.78 is 0. The number of nitrogens with zero attached hydrogens (tertiary/aromatic N) is 1. The molecular formula is C13H22N2O3. The number of carbonyl (C=O) groups is 2. The Labute approximate surface area is 108 Å². The molecule has 1 saturated heterocycles. The molecule has 1 saturated carbocycles. The molecular weight excluding hydrogens is 232 g/mol. The number of rotatable bonds is 4. The fourth-order valence-electron chi connectivity index (χ4n) is 2.73. The lowest BCUT2D eigenvalue weighted by molar-refractivity contribution is -0.142.